The molecule has 2 rings (SSSR count). The third kappa shape index (κ3) is 2.77. The molecular formula is C15H14FNO3. The van der Waals surface area contributed by atoms with Crippen LogP contribution in [-0.2, 0) is 0 Å². The van der Waals surface area contributed by atoms with Crippen molar-refractivity contribution in [3.63, 3.8) is 0 Å². The minimum absolute atomic E-state index is 0.0133. The number of aryl methyl sites for hydroxylation is 3. The van der Waals surface area contributed by atoms with Gasteiger partial charge >= 0.3 is 5.97 Å². The van der Waals surface area contributed by atoms with E-state index >= 15 is 0 Å². The summed E-state index contributed by atoms with van der Waals surface area (Å²) in [5, 5.41) is 9.25. The fourth-order valence-corrected chi connectivity index (χ4v) is 1.98. The van der Waals surface area contributed by atoms with Gasteiger partial charge in [-0.1, -0.05) is 0 Å². The molecule has 104 valence electrons. The van der Waals surface area contributed by atoms with Crippen LogP contribution in [0.25, 0.3) is 0 Å². The molecule has 1 heterocycles. The van der Waals surface area contributed by atoms with Gasteiger partial charge in [-0.25, -0.2) is 9.18 Å². The van der Waals surface area contributed by atoms with Crippen molar-refractivity contribution < 1.29 is 19.0 Å². The van der Waals surface area contributed by atoms with Crippen LogP contribution in [0.1, 0.15) is 27.3 Å². The predicted octanol–water partition coefficient (Wildman–Crippen LogP) is 3.64. The van der Waals surface area contributed by atoms with E-state index in [1.807, 2.05) is 0 Å². The highest BCUT2D eigenvalue weighted by atomic mass is 19.1. The molecule has 1 N–H and O–H groups in total. The molecule has 0 amide bonds. The molecule has 0 fully saturated rings. The van der Waals surface area contributed by atoms with Gasteiger partial charge in [0.05, 0.1) is 5.69 Å². The van der Waals surface area contributed by atoms with Crippen LogP contribution in [0.15, 0.2) is 24.3 Å². The van der Waals surface area contributed by atoms with Gasteiger partial charge in [0.25, 0.3) is 0 Å². The molecule has 0 aliphatic heterocycles. The topological polar surface area (TPSA) is 59.4 Å². The zero-order valence-corrected chi connectivity index (χ0v) is 11.4. The smallest absolute Gasteiger partial charge is 0.341 e. The average Bonchev–Trinajstić information content (AvgIpc) is 2.31. The average molecular weight is 275 g/mol. The van der Waals surface area contributed by atoms with Crippen molar-refractivity contribution >= 4 is 5.97 Å². The molecule has 0 spiro atoms. The van der Waals surface area contributed by atoms with Gasteiger partial charge in [-0.15, -0.1) is 0 Å². The van der Waals surface area contributed by atoms with Crippen molar-refractivity contribution in [3.05, 3.63) is 52.6 Å². The van der Waals surface area contributed by atoms with Crippen LogP contribution in [0.2, 0.25) is 0 Å². The Labute approximate surface area is 115 Å². The van der Waals surface area contributed by atoms with E-state index in [0.29, 0.717) is 22.7 Å². The first-order valence-corrected chi connectivity index (χ1v) is 6.04. The monoisotopic (exact) mass is 275 g/mol. The summed E-state index contributed by atoms with van der Waals surface area (Å²) in [5.74, 6) is -0.851. The molecule has 0 saturated heterocycles. The Balaban J connectivity index is 2.50. The fourth-order valence-electron chi connectivity index (χ4n) is 1.98. The summed E-state index contributed by atoms with van der Waals surface area (Å²) in [7, 11) is 0. The van der Waals surface area contributed by atoms with E-state index in [1.165, 1.54) is 18.2 Å². The van der Waals surface area contributed by atoms with E-state index in [0.717, 1.165) is 0 Å². The van der Waals surface area contributed by atoms with Crippen LogP contribution < -0.4 is 4.74 Å². The van der Waals surface area contributed by atoms with E-state index in [-0.39, 0.29) is 17.1 Å². The summed E-state index contributed by atoms with van der Waals surface area (Å²) in [4.78, 5) is 15.4. The third-order valence-corrected chi connectivity index (χ3v) is 2.86. The van der Waals surface area contributed by atoms with E-state index in [2.05, 4.69) is 4.98 Å². The summed E-state index contributed by atoms with van der Waals surface area (Å²) in [6, 6.07) is 5.63. The zero-order chi connectivity index (χ0) is 14.9. The van der Waals surface area contributed by atoms with Crippen LogP contribution in [0.4, 0.5) is 4.39 Å². The Bertz CT molecular complexity index is 683. The Morgan fingerprint density at radius 1 is 1.20 bits per heavy atom. The van der Waals surface area contributed by atoms with E-state index in [1.54, 1.807) is 26.8 Å². The highest BCUT2D eigenvalue weighted by molar-refractivity contribution is 5.92. The van der Waals surface area contributed by atoms with Crippen molar-refractivity contribution in [2.45, 2.75) is 20.8 Å². The first-order chi connectivity index (χ1) is 9.38. The van der Waals surface area contributed by atoms with Gasteiger partial charge in [0.1, 0.15) is 22.9 Å². The van der Waals surface area contributed by atoms with E-state index in [9.17, 15) is 14.3 Å². The van der Waals surface area contributed by atoms with Crippen molar-refractivity contribution in [2.24, 2.45) is 0 Å². The van der Waals surface area contributed by atoms with E-state index < -0.39 is 5.97 Å². The van der Waals surface area contributed by atoms with Crippen LogP contribution in [0.3, 0.4) is 0 Å². The largest absolute Gasteiger partial charge is 0.477 e. The fraction of sp³-hybridized carbons (Fsp3) is 0.200. The number of carbonyl (C=O) groups is 1. The highest BCUT2D eigenvalue weighted by Gasteiger charge is 2.18. The number of carboxylic acid groups (broad SMARTS) is 1. The third-order valence-electron chi connectivity index (χ3n) is 2.86. The minimum atomic E-state index is -1.11. The molecule has 4 nitrogen and oxygen atoms in total. The first-order valence-electron chi connectivity index (χ1n) is 6.04. The SMILES string of the molecule is Cc1cc(Oc2ccc(F)cc2C)c(C(=O)O)c(C)n1. The Kier molecular flexibility index (Phi) is 3.70. The summed E-state index contributed by atoms with van der Waals surface area (Å²) in [6.45, 7) is 5.06. The summed E-state index contributed by atoms with van der Waals surface area (Å²) >= 11 is 0. The Hall–Kier alpha value is -2.43. The normalized spacial score (nSPS) is 10.4. The van der Waals surface area contributed by atoms with Gasteiger partial charge in [0, 0.05) is 11.8 Å². The molecule has 0 aliphatic carbocycles. The summed E-state index contributed by atoms with van der Waals surface area (Å²) < 4.78 is 18.7. The van der Waals surface area contributed by atoms with Gasteiger partial charge in [0.2, 0.25) is 0 Å². The van der Waals surface area contributed by atoms with Gasteiger partial charge in [-0.05, 0) is 44.5 Å². The lowest BCUT2D eigenvalue weighted by molar-refractivity contribution is 0.0692. The molecule has 5 heteroatoms. The maximum absolute atomic E-state index is 13.1. The molecule has 1 aromatic heterocycles. The number of rotatable bonds is 3. The predicted molar refractivity (Wildman–Crippen MR) is 71.9 cm³/mol. The lowest BCUT2D eigenvalue weighted by Crippen LogP contribution is -2.06. The second-order valence-electron chi connectivity index (χ2n) is 4.54. The molecule has 1 aromatic carbocycles. The second kappa shape index (κ2) is 5.28. The molecule has 0 bridgehead atoms. The Morgan fingerprint density at radius 3 is 2.50 bits per heavy atom. The van der Waals surface area contributed by atoms with E-state index in [4.69, 9.17) is 4.74 Å². The number of aromatic carboxylic acids is 1. The van der Waals surface area contributed by atoms with Crippen LogP contribution in [-0.4, -0.2) is 16.1 Å². The molecule has 20 heavy (non-hydrogen) atoms. The molecule has 0 aliphatic rings. The standard InChI is InChI=1S/C15H14FNO3/c1-8-6-11(16)4-5-12(8)20-13-7-9(2)17-10(3)14(13)15(18)19/h4-7H,1-3H3,(H,18,19). The van der Waals surface area contributed by atoms with Crippen LogP contribution >= 0.6 is 0 Å². The number of aromatic nitrogens is 1. The molecule has 0 unspecified atom stereocenters. The molecule has 0 saturated carbocycles. The zero-order valence-electron chi connectivity index (χ0n) is 11.4. The maximum Gasteiger partial charge on any atom is 0.341 e. The number of carboxylic acids is 1. The lowest BCUT2D eigenvalue weighted by Gasteiger charge is -2.13. The highest BCUT2D eigenvalue weighted by Crippen LogP contribution is 2.30. The number of benzene rings is 1. The first kappa shape index (κ1) is 14.0. The maximum atomic E-state index is 13.1. The van der Waals surface area contributed by atoms with Crippen molar-refractivity contribution in [1.82, 2.24) is 4.98 Å². The van der Waals surface area contributed by atoms with Gasteiger partial charge < -0.3 is 9.84 Å². The number of hydrogen-bond donors (Lipinski definition) is 1. The number of hydrogen-bond acceptors (Lipinski definition) is 3. The van der Waals surface area contributed by atoms with Gasteiger partial charge in [-0.2, -0.15) is 0 Å². The van der Waals surface area contributed by atoms with Gasteiger partial charge in [0.15, 0.2) is 0 Å². The Morgan fingerprint density at radius 2 is 1.90 bits per heavy atom. The lowest BCUT2D eigenvalue weighted by atomic mass is 10.1. The quantitative estimate of drug-likeness (QED) is 0.929. The summed E-state index contributed by atoms with van der Waals surface area (Å²) in [5.41, 5.74) is 1.64. The number of halogens is 1. The summed E-state index contributed by atoms with van der Waals surface area (Å²) in [6.07, 6.45) is 0. The minimum Gasteiger partial charge on any atom is -0.477 e. The number of pyridine rings is 1. The second-order valence-corrected chi connectivity index (χ2v) is 4.54. The van der Waals surface area contributed by atoms with Crippen LogP contribution in [0.5, 0.6) is 11.5 Å². The molecule has 2 aromatic rings. The van der Waals surface area contributed by atoms with Crippen molar-refractivity contribution in [2.75, 3.05) is 0 Å². The molecule has 0 atom stereocenters. The molecule has 0 radical (unpaired) electrons. The van der Waals surface area contributed by atoms with Crippen molar-refractivity contribution in [1.29, 1.82) is 0 Å². The van der Waals surface area contributed by atoms with Crippen LogP contribution in [0, 0.1) is 26.6 Å². The van der Waals surface area contributed by atoms with Crippen molar-refractivity contribution in [3.8, 4) is 11.5 Å². The van der Waals surface area contributed by atoms with Gasteiger partial charge in [-0.3, -0.25) is 4.98 Å². The number of ether oxygens (including phenoxy) is 1. The number of nitrogens with zero attached hydrogens (tertiary/aromatic N) is 1. The molecular weight excluding hydrogens is 261 g/mol.